The fourth-order valence-corrected chi connectivity index (χ4v) is 4.53. The monoisotopic (exact) mass is 474 g/mol. The molecule has 2 atom stereocenters. The Kier molecular flexibility index (Phi) is 16.9. The van der Waals surface area contributed by atoms with E-state index in [-0.39, 0.29) is 17.8 Å². The highest BCUT2D eigenvalue weighted by Crippen LogP contribution is 2.37. The standard InChI is InChI=1S/C31H54O3/c1-6-9-10-11-12-13-14-15-16-17-18-19-20-21-22-34-31(33)27-23-28(25(4)7-2)30(32)29(24-27)26(5)8-3/h23-26,32H,6-22H2,1-5H3. The molecule has 0 radical (unpaired) electrons. The van der Waals surface area contributed by atoms with Gasteiger partial charge in [0, 0.05) is 0 Å². The molecule has 3 heteroatoms. The van der Waals surface area contributed by atoms with E-state index in [9.17, 15) is 9.90 Å². The summed E-state index contributed by atoms with van der Waals surface area (Å²) in [6, 6.07) is 3.67. The van der Waals surface area contributed by atoms with Gasteiger partial charge in [0.1, 0.15) is 5.75 Å². The maximum absolute atomic E-state index is 12.7. The van der Waals surface area contributed by atoms with Gasteiger partial charge in [0.25, 0.3) is 0 Å². The zero-order valence-electron chi connectivity index (χ0n) is 23.1. The van der Waals surface area contributed by atoms with E-state index in [1.54, 1.807) is 0 Å². The van der Waals surface area contributed by atoms with E-state index in [0.717, 1.165) is 36.8 Å². The van der Waals surface area contributed by atoms with E-state index in [1.165, 1.54) is 77.0 Å². The van der Waals surface area contributed by atoms with Gasteiger partial charge in [0.05, 0.1) is 12.2 Å². The smallest absolute Gasteiger partial charge is 0.338 e. The Morgan fingerprint density at radius 2 is 1.09 bits per heavy atom. The quantitative estimate of drug-likeness (QED) is 0.151. The molecule has 1 aromatic rings. The summed E-state index contributed by atoms with van der Waals surface area (Å²) >= 11 is 0. The van der Waals surface area contributed by atoms with E-state index in [2.05, 4.69) is 34.6 Å². The Morgan fingerprint density at radius 1 is 0.706 bits per heavy atom. The lowest BCUT2D eigenvalue weighted by Gasteiger charge is -2.19. The molecule has 0 aromatic heterocycles. The van der Waals surface area contributed by atoms with Crippen molar-refractivity contribution in [2.75, 3.05) is 6.61 Å². The van der Waals surface area contributed by atoms with Gasteiger partial charge in [-0.2, -0.15) is 0 Å². The number of unbranched alkanes of at least 4 members (excludes halogenated alkanes) is 13. The van der Waals surface area contributed by atoms with Gasteiger partial charge < -0.3 is 9.84 Å². The minimum Gasteiger partial charge on any atom is -0.507 e. The lowest BCUT2D eigenvalue weighted by molar-refractivity contribution is 0.0497. The van der Waals surface area contributed by atoms with Gasteiger partial charge in [-0.1, -0.05) is 118 Å². The largest absolute Gasteiger partial charge is 0.507 e. The minimum absolute atomic E-state index is 0.210. The normalized spacial score (nSPS) is 13.1. The van der Waals surface area contributed by atoms with Crippen molar-refractivity contribution >= 4 is 5.97 Å². The van der Waals surface area contributed by atoms with Crippen molar-refractivity contribution in [2.45, 2.75) is 149 Å². The van der Waals surface area contributed by atoms with Crippen LogP contribution in [-0.4, -0.2) is 17.7 Å². The number of hydrogen-bond acceptors (Lipinski definition) is 3. The van der Waals surface area contributed by atoms with Gasteiger partial charge >= 0.3 is 5.97 Å². The molecular weight excluding hydrogens is 420 g/mol. The molecule has 196 valence electrons. The highest BCUT2D eigenvalue weighted by molar-refractivity contribution is 5.90. The van der Waals surface area contributed by atoms with Crippen LogP contribution in [0.3, 0.4) is 0 Å². The van der Waals surface area contributed by atoms with Crippen molar-refractivity contribution in [2.24, 2.45) is 0 Å². The van der Waals surface area contributed by atoms with E-state index in [4.69, 9.17) is 4.74 Å². The first-order valence-corrected chi connectivity index (χ1v) is 14.5. The predicted octanol–water partition coefficient (Wildman–Crippen LogP) is 10.1. The molecule has 34 heavy (non-hydrogen) atoms. The summed E-state index contributed by atoms with van der Waals surface area (Å²) in [5, 5.41) is 10.8. The molecule has 1 rings (SSSR count). The fourth-order valence-electron chi connectivity index (χ4n) is 4.53. The SMILES string of the molecule is CCCCCCCCCCCCCCCCOC(=O)c1cc(C(C)CC)c(O)c(C(C)CC)c1. The zero-order valence-corrected chi connectivity index (χ0v) is 23.1. The molecular formula is C31H54O3. The molecule has 0 aliphatic heterocycles. The average molecular weight is 475 g/mol. The van der Waals surface area contributed by atoms with Gasteiger partial charge in [-0.15, -0.1) is 0 Å². The third-order valence-corrected chi connectivity index (χ3v) is 7.42. The van der Waals surface area contributed by atoms with Crippen molar-refractivity contribution in [3.63, 3.8) is 0 Å². The number of ether oxygens (including phenoxy) is 1. The number of carbonyl (C=O) groups is 1. The summed E-state index contributed by atoms with van der Waals surface area (Å²) in [6.45, 7) is 11.2. The molecule has 0 fully saturated rings. The van der Waals surface area contributed by atoms with Crippen LogP contribution in [0.1, 0.15) is 171 Å². The Hall–Kier alpha value is -1.51. The maximum atomic E-state index is 12.7. The Bertz CT molecular complexity index is 636. The van der Waals surface area contributed by atoms with Crippen molar-refractivity contribution in [3.05, 3.63) is 28.8 Å². The van der Waals surface area contributed by atoms with E-state index in [1.807, 2.05) is 12.1 Å². The van der Waals surface area contributed by atoms with E-state index < -0.39 is 0 Å². The van der Waals surface area contributed by atoms with Crippen molar-refractivity contribution in [1.82, 2.24) is 0 Å². The van der Waals surface area contributed by atoms with E-state index in [0.29, 0.717) is 17.9 Å². The van der Waals surface area contributed by atoms with Crippen LogP contribution in [0.5, 0.6) is 5.75 Å². The number of phenols is 1. The third-order valence-electron chi connectivity index (χ3n) is 7.42. The lowest BCUT2D eigenvalue weighted by Crippen LogP contribution is -2.09. The van der Waals surface area contributed by atoms with Crippen LogP contribution in [-0.2, 0) is 4.74 Å². The number of carbonyl (C=O) groups excluding carboxylic acids is 1. The number of benzene rings is 1. The summed E-state index contributed by atoms with van der Waals surface area (Å²) in [5.74, 6) is 0.513. The minimum atomic E-state index is -0.260. The predicted molar refractivity (Wildman–Crippen MR) is 146 cm³/mol. The van der Waals surface area contributed by atoms with E-state index >= 15 is 0 Å². The average Bonchev–Trinajstić information content (AvgIpc) is 2.85. The van der Waals surface area contributed by atoms with Crippen molar-refractivity contribution in [1.29, 1.82) is 0 Å². The van der Waals surface area contributed by atoms with Crippen LogP contribution in [0.2, 0.25) is 0 Å². The summed E-state index contributed by atoms with van der Waals surface area (Å²) in [4.78, 5) is 12.7. The topological polar surface area (TPSA) is 46.5 Å². The van der Waals surface area contributed by atoms with Gasteiger partial charge in [-0.25, -0.2) is 4.79 Å². The van der Waals surface area contributed by atoms with Crippen LogP contribution in [0.15, 0.2) is 12.1 Å². The molecule has 1 N–H and O–H groups in total. The summed E-state index contributed by atoms with van der Waals surface area (Å²) < 4.78 is 5.59. The zero-order chi connectivity index (χ0) is 25.2. The van der Waals surface area contributed by atoms with Crippen LogP contribution in [0.25, 0.3) is 0 Å². The van der Waals surface area contributed by atoms with Crippen LogP contribution in [0.4, 0.5) is 0 Å². The molecule has 0 saturated heterocycles. The van der Waals surface area contributed by atoms with Crippen LogP contribution >= 0.6 is 0 Å². The molecule has 0 heterocycles. The number of hydrogen-bond donors (Lipinski definition) is 1. The number of esters is 1. The Balaban J connectivity index is 2.26. The van der Waals surface area contributed by atoms with Crippen molar-refractivity contribution in [3.8, 4) is 5.75 Å². The lowest BCUT2D eigenvalue weighted by atomic mass is 9.88. The molecule has 1 aromatic carbocycles. The molecule has 2 unspecified atom stereocenters. The Morgan fingerprint density at radius 3 is 1.47 bits per heavy atom. The number of rotatable bonds is 20. The molecule has 3 nitrogen and oxygen atoms in total. The second-order valence-corrected chi connectivity index (χ2v) is 10.4. The molecule has 0 spiro atoms. The summed E-state index contributed by atoms with van der Waals surface area (Å²) in [7, 11) is 0. The second kappa shape index (κ2) is 18.8. The molecule has 0 bridgehead atoms. The number of aromatic hydroxyl groups is 1. The molecule has 0 saturated carbocycles. The van der Waals surface area contributed by atoms with Gasteiger partial charge in [-0.3, -0.25) is 0 Å². The van der Waals surface area contributed by atoms with Gasteiger partial charge in [0.15, 0.2) is 0 Å². The van der Waals surface area contributed by atoms with Crippen LogP contribution in [0, 0.1) is 0 Å². The number of phenolic OH excluding ortho intramolecular Hbond substituents is 1. The first kappa shape index (κ1) is 30.5. The van der Waals surface area contributed by atoms with Crippen LogP contribution < -0.4 is 0 Å². The first-order chi connectivity index (χ1) is 16.5. The second-order valence-electron chi connectivity index (χ2n) is 10.4. The Labute approximate surface area is 211 Å². The van der Waals surface area contributed by atoms with Gasteiger partial charge in [-0.05, 0) is 54.4 Å². The highest BCUT2D eigenvalue weighted by atomic mass is 16.5. The van der Waals surface area contributed by atoms with Crippen molar-refractivity contribution < 1.29 is 14.6 Å². The molecule has 0 aliphatic rings. The third kappa shape index (κ3) is 11.8. The highest BCUT2D eigenvalue weighted by Gasteiger charge is 2.20. The maximum Gasteiger partial charge on any atom is 0.338 e. The summed E-state index contributed by atoms with van der Waals surface area (Å²) in [6.07, 6.45) is 20.3. The molecule has 0 amide bonds. The van der Waals surface area contributed by atoms with Gasteiger partial charge in [0.2, 0.25) is 0 Å². The molecule has 0 aliphatic carbocycles. The fraction of sp³-hybridized carbons (Fsp3) is 0.774. The first-order valence-electron chi connectivity index (χ1n) is 14.5. The summed E-state index contributed by atoms with van der Waals surface area (Å²) in [5.41, 5.74) is 2.31.